The third kappa shape index (κ3) is 3.90. The standard InChI is InChI=1S/C16H24N4O3/c17-16(22)14-8-13(18-19-14)11-4-3-7-20(9-11)15(21)10-23-12-5-1-2-6-12/h8,11-12H,1-7,9-10H2,(H2,17,22)(H,18,19). The van der Waals surface area contributed by atoms with Crippen LogP contribution in [0.5, 0.6) is 0 Å². The average molecular weight is 320 g/mol. The quantitative estimate of drug-likeness (QED) is 0.850. The smallest absolute Gasteiger partial charge is 0.269 e. The second-order valence-corrected chi connectivity index (χ2v) is 6.47. The molecule has 2 heterocycles. The van der Waals surface area contributed by atoms with E-state index < -0.39 is 5.91 Å². The number of nitrogens with one attached hydrogen (secondary N) is 1. The van der Waals surface area contributed by atoms with Crippen molar-refractivity contribution in [3.05, 3.63) is 17.5 Å². The maximum atomic E-state index is 12.3. The Balaban J connectivity index is 1.54. The Morgan fingerprint density at radius 2 is 2.09 bits per heavy atom. The molecule has 126 valence electrons. The van der Waals surface area contributed by atoms with Crippen molar-refractivity contribution in [1.82, 2.24) is 15.1 Å². The van der Waals surface area contributed by atoms with Gasteiger partial charge in [-0.15, -0.1) is 0 Å². The van der Waals surface area contributed by atoms with E-state index in [9.17, 15) is 9.59 Å². The lowest BCUT2D eigenvalue weighted by Crippen LogP contribution is -2.41. The van der Waals surface area contributed by atoms with Gasteiger partial charge in [-0.05, 0) is 31.7 Å². The number of hydrogen-bond acceptors (Lipinski definition) is 4. The maximum absolute atomic E-state index is 12.3. The number of hydrogen-bond donors (Lipinski definition) is 2. The van der Waals surface area contributed by atoms with Crippen LogP contribution in [-0.4, -0.2) is 52.7 Å². The predicted octanol–water partition coefficient (Wildman–Crippen LogP) is 1.17. The number of aromatic amines is 1. The second-order valence-electron chi connectivity index (χ2n) is 6.47. The monoisotopic (exact) mass is 320 g/mol. The molecule has 2 aliphatic rings. The molecule has 7 heteroatoms. The van der Waals surface area contributed by atoms with E-state index in [1.165, 1.54) is 12.8 Å². The van der Waals surface area contributed by atoms with Gasteiger partial charge in [-0.25, -0.2) is 0 Å². The van der Waals surface area contributed by atoms with Crippen LogP contribution < -0.4 is 5.73 Å². The van der Waals surface area contributed by atoms with Crippen LogP contribution in [0.2, 0.25) is 0 Å². The first-order valence-corrected chi connectivity index (χ1v) is 8.38. The molecular weight excluding hydrogens is 296 g/mol. The van der Waals surface area contributed by atoms with Gasteiger partial charge in [-0.2, -0.15) is 5.10 Å². The highest BCUT2D eigenvalue weighted by Crippen LogP contribution is 2.26. The van der Waals surface area contributed by atoms with Gasteiger partial charge in [0.2, 0.25) is 5.91 Å². The molecule has 1 saturated heterocycles. The number of amides is 2. The molecule has 0 radical (unpaired) electrons. The summed E-state index contributed by atoms with van der Waals surface area (Å²) in [4.78, 5) is 25.3. The Hall–Kier alpha value is -1.89. The molecule has 7 nitrogen and oxygen atoms in total. The molecule has 1 atom stereocenters. The van der Waals surface area contributed by atoms with E-state index in [0.29, 0.717) is 6.54 Å². The first kappa shape index (κ1) is 16.0. The van der Waals surface area contributed by atoms with E-state index in [1.54, 1.807) is 6.07 Å². The van der Waals surface area contributed by atoms with Gasteiger partial charge >= 0.3 is 0 Å². The molecule has 1 aromatic heterocycles. The SMILES string of the molecule is NC(=O)c1cc(C2CCCN(C(=O)COC3CCCC3)C2)[nH]n1. The molecule has 3 N–H and O–H groups in total. The molecule has 1 aromatic rings. The minimum atomic E-state index is -0.541. The highest BCUT2D eigenvalue weighted by atomic mass is 16.5. The fourth-order valence-electron chi connectivity index (χ4n) is 3.46. The van der Waals surface area contributed by atoms with Crippen molar-refractivity contribution in [2.24, 2.45) is 5.73 Å². The molecule has 0 bridgehead atoms. The highest BCUT2D eigenvalue weighted by Gasteiger charge is 2.27. The van der Waals surface area contributed by atoms with E-state index in [2.05, 4.69) is 10.2 Å². The Morgan fingerprint density at radius 1 is 1.30 bits per heavy atom. The van der Waals surface area contributed by atoms with Crippen molar-refractivity contribution in [3.63, 3.8) is 0 Å². The maximum Gasteiger partial charge on any atom is 0.269 e. The normalized spacial score (nSPS) is 22.4. The Kier molecular flexibility index (Phi) is 4.95. The van der Waals surface area contributed by atoms with Crippen LogP contribution in [0.4, 0.5) is 0 Å². The summed E-state index contributed by atoms with van der Waals surface area (Å²) in [5.41, 5.74) is 6.34. The summed E-state index contributed by atoms with van der Waals surface area (Å²) in [5.74, 6) is -0.322. The van der Waals surface area contributed by atoms with Crippen molar-refractivity contribution >= 4 is 11.8 Å². The predicted molar refractivity (Wildman–Crippen MR) is 83.9 cm³/mol. The first-order valence-electron chi connectivity index (χ1n) is 8.38. The Labute approximate surface area is 135 Å². The van der Waals surface area contributed by atoms with Gasteiger partial charge in [0.1, 0.15) is 12.3 Å². The fourth-order valence-corrected chi connectivity index (χ4v) is 3.46. The summed E-state index contributed by atoms with van der Waals surface area (Å²) in [6.07, 6.45) is 6.70. The summed E-state index contributed by atoms with van der Waals surface area (Å²) in [5, 5.41) is 6.79. The van der Waals surface area contributed by atoms with Crippen molar-refractivity contribution in [1.29, 1.82) is 0 Å². The van der Waals surface area contributed by atoms with Gasteiger partial charge < -0.3 is 15.4 Å². The number of primary amides is 1. The summed E-state index contributed by atoms with van der Waals surface area (Å²) in [6, 6.07) is 1.69. The van der Waals surface area contributed by atoms with Crippen LogP contribution in [0, 0.1) is 0 Å². The Morgan fingerprint density at radius 3 is 2.78 bits per heavy atom. The zero-order chi connectivity index (χ0) is 16.2. The van der Waals surface area contributed by atoms with Crippen LogP contribution in [0.1, 0.15) is 60.6 Å². The molecule has 2 fully saturated rings. The van der Waals surface area contributed by atoms with Crippen molar-refractivity contribution in [3.8, 4) is 0 Å². The molecule has 2 amide bonds. The first-order chi connectivity index (χ1) is 11.1. The zero-order valence-electron chi connectivity index (χ0n) is 13.3. The van der Waals surface area contributed by atoms with Crippen LogP contribution in [-0.2, 0) is 9.53 Å². The number of aromatic nitrogens is 2. The lowest BCUT2D eigenvalue weighted by Gasteiger charge is -2.32. The van der Waals surface area contributed by atoms with Gasteiger partial charge in [-0.3, -0.25) is 14.7 Å². The third-order valence-electron chi connectivity index (χ3n) is 4.81. The second kappa shape index (κ2) is 7.12. The van der Waals surface area contributed by atoms with Crippen LogP contribution in [0.25, 0.3) is 0 Å². The molecule has 1 aliphatic heterocycles. The molecule has 1 aliphatic carbocycles. The topological polar surface area (TPSA) is 101 Å². The van der Waals surface area contributed by atoms with Crippen LogP contribution >= 0.6 is 0 Å². The molecule has 0 spiro atoms. The molecule has 1 unspecified atom stereocenters. The van der Waals surface area contributed by atoms with Gasteiger partial charge in [0.25, 0.3) is 5.91 Å². The minimum Gasteiger partial charge on any atom is -0.368 e. The average Bonchev–Trinajstić information content (AvgIpc) is 3.24. The van der Waals surface area contributed by atoms with Crippen molar-refractivity contribution < 1.29 is 14.3 Å². The van der Waals surface area contributed by atoms with Gasteiger partial charge in [-0.1, -0.05) is 12.8 Å². The molecule has 23 heavy (non-hydrogen) atoms. The number of nitrogens with zero attached hydrogens (tertiary/aromatic N) is 2. The third-order valence-corrected chi connectivity index (χ3v) is 4.81. The van der Waals surface area contributed by atoms with Crippen molar-refractivity contribution in [2.45, 2.75) is 50.5 Å². The lowest BCUT2D eigenvalue weighted by atomic mass is 9.94. The number of ether oxygens (including phenoxy) is 1. The van der Waals surface area contributed by atoms with Crippen LogP contribution in [0.3, 0.4) is 0 Å². The highest BCUT2D eigenvalue weighted by molar-refractivity contribution is 5.90. The number of piperidine rings is 1. The zero-order valence-corrected chi connectivity index (χ0v) is 13.3. The lowest BCUT2D eigenvalue weighted by molar-refractivity contribution is -0.139. The largest absolute Gasteiger partial charge is 0.368 e. The van der Waals surface area contributed by atoms with E-state index in [4.69, 9.17) is 10.5 Å². The van der Waals surface area contributed by atoms with E-state index in [1.807, 2.05) is 4.90 Å². The van der Waals surface area contributed by atoms with E-state index in [0.717, 1.165) is 37.9 Å². The van der Waals surface area contributed by atoms with Gasteiger partial charge in [0.05, 0.1) is 6.10 Å². The number of nitrogens with two attached hydrogens (primary N) is 1. The summed E-state index contributed by atoms with van der Waals surface area (Å²) >= 11 is 0. The minimum absolute atomic E-state index is 0.0521. The molecule has 1 saturated carbocycles. The Bertz CT molecular complexity index is 565. The van der Waals surface area contributed by atoms with Gasteiger partial charge in [0, 0.05) is 24.7 Å². The van der Waals surface area contributed by atoms with Gasteiger partial charge in [0.15, 0.2) is 0 Å². The molecule has 3 rings (SSSR count). The fraction of sp³-hybridized carbons (Fsp3) is 0.688. The van der Waals surface area contributed by atoms with E-state index >= 15 is 0 Å². The number of rotatable bonds is 5. The number of carbonyl (C=O) groups is 2. The number of likely N-dealkylation sites (tertiary alicyclic amines) is 1. The number of carbonyl (C=O) groups excluding carboxylic acids is 2. The number of H-pyrrole nitrogens is 1. The molecule has 0 aromatic carbocycles. The summed E-state index contributed by atoms with van der Waals surface area (Å²) in [6.45, 7) is 1.57. The van der Waals surface area contributed by atoms with Crippen LogP contribution in [0.15, 0.2) is 6.07 Å². The van der Waals surface area contributed by atoms with E-state index in [-0.39, 0.29) is 30.2 Å². The summed E-state index contributed by atoms with van der Waals surface area (Å²) < 4.78 is 5.72. The summed E-state index contributed by atoms with van der Waals surface area (Å²) in [7, 11) is 0. The van der Waals surface area contributed by atoms with Crippen molar-refractivity contribution in [2.75, 3.05) is 19.7 Å². The molecular formula is C16H24N4O3.